The molecule has 0 aromatic heterocycles. The van der Waals surface area contributed by atoms with Gasteiger partial charge in [-0.1, -0.05) is 30.7 Å². The van der Waals surface area contributed by atoms with Gasteiger partial charge in [0.05, 0.1) is 6.61 Å². The largest absolute Gasteiger partial charge is 0.384 e. The van der Waals surface area contributed by atoms with Gasteiger partial charge in [-0.3, -0.25) is 0 Å². The van der Waals surface area contributed by atoms with E-state index in [0.717, 1.165) is 12.1 Å². The lowest BCUT2D eigenvalue weighted by molar-refractivity contribution is 0.0312. The smallest absolute Gasteiger partial charge is 0.102 e. The Hall–Kier alpha value is -0.610. The second-order valence-electron chi connectivity index (χ2n) is 4.07. The first kappa shape index (κ1) is 14.5. The Morgan fingerprint density at radius 2 is 2.24 bits per heavy atom. The zero-order valence-electron chi connectivity index (χ0n) is 10.4. The number of hydrogen-bond acceptors (Lipinski definition) is 3. The molecule has 4 heteroatoms. The number of nitrogens with one attached hydrogen (secondary N) is 1. The molecule has 1 unspecified atom stereocenters. The third kappa shape index (κ3) is 4.28. The van der Waals surface area contributed by atoms with Crippen molar-refractivity contribution in [1.29, 1.82) is 0 Å². The van der Waals surface area contributed by atoms with Gasteiger partial charge in [0.15, 0.2) is 0 Å². The fraction of sp³-hybridized carbons (Fsp3) is 0.538. The van der Waals surface area contributed by atoms with Gasteiger partial charge < -0.3 is 15.2 Å². The maximum atomic E-state index is 10.6. The van der Waals surface area contributed by atoms with Gasteiger partial charge in [-0.15, -0.1) is 0 Å². The van der Waals surface area contributed by atoms with E-state index in [4.69, 9.17) is 16.3 Å². The zero-order valence-corrected chi connectivity index (χ0v) is 11.1. The Morgan fingerprint density at radius 1 is 1.47 bits per heavy atom. The molecule has 0 aliphatic rings. The number of aliphatic hydroxyl groups is 1. The van der Waals surface area contributed by atoms with E-state index in [0.29, 0.717) is 24.6 Å². The summed E-state index contributed by atoms with van der Waals surface area (Å²) >= 11 is 5.94. The highest BCUT2D eigenvalue weighted by Gasteiger charge is 2.26. The fourth-order valence-corrected chi connectivity index (χ4v) is 1.87. The fourth-order valence-electron chi connectivity index (χ4n) is 1.68. The average Bonchev–Trinajstić information content (AvgIpc) is 2.34. The highest BCUT2D eigenvalue weighted by atomic mass is 35.5. The number of halogens is 1. The predicted octanol–water partition coefficient (Wildman–Crippen LogP) is 2.17. The van der Waals surface area contributed by atoms with Crippen LogP contribution < -0.4 is 5.32 Å². The summed E-state index contributed by atoms with van der Waals surface area (Å²) in [5.74, 6) is 0. The molecule has 96 valence electrons. The van der Waals surface area contributed by atoms with Crippen molar-refractivity contribution in [3.63, 3.8) is 0 Å². The Balaban J connectivity index is 2.67. The van der Waals surface area contributed by atoms with Crippen LogP contribution in [0.25, 0.3) is 0 Å². The molecular weight excluding hydrogens is 238 g/mol. The van der Waals surface area contributed by atoms with Crippen molar-refractivity contribution in [2.45, 2.75) is 18.9 Å². The van der Waals surface area contributed by atoms with Crippen molar-refractivity contribution in [2.24, 2.45) is 0 Å². The van der Waals surface area contributed by atoms with E-state index < -0.39 is 5.60 Å². The van der Waals surface area contributed by atoms with Gasteiger partial charge in [0.25, 0.3) is 0 Å². The Bertz CT molecular complexity index is 346. The number of rotatable bonds is 7. The molecule has 0 amide bonds. The zero-order chi connectivity index (χ0) is 12.7. The van der Waals surface area contributed by atoms with Crippen LogP contribution in [0.3, 0.4) is 0 Å². The molecule has 1 aromatic carbocycles. The number of benzene rings is 1. The van der Waals surface area contributed by atoms with E-state index in [1.54, 1.807) is 13.2 Å². The molecule has 0 saturated heterocycles. The first-order chi connectivity index (χ1) is 8.12. The predicted molar refractivity (Wildman–Crippen MR) is 70.4 cm³/mol. The van der Waals surface area contributed by atoms with Crippen LogP contribution in [-0.4, -0.2) is 31.9 Å². The van der Waals surface area contributed by atoms with Crippen LogP contribution in [-0.2, 0) is 10.3 Å². The summed E-state index contributed by atoms with van der Waals surface area (Å²) in [6.45, 7) is 3.81. The molecule has 0 fully saturated rings. The van der Waals surface area contributed by atoms with Gasteiger partial charge in [0.1, 0.15) is 5.60 Å². The van der Waals surface area contributed by atoms with Crippen LogP contribution in [0.1, 0.15) is 18.9 Å². The van der Waals surface area contributed by atoms with Crippen LogP contribution in [0.2, 0.25) is 5.02 Å². The average molecular weight is 258 g/mol. The first-order valence-corrected chi connectivity index (χ1v) is 6.18. The van der Waals surface area contributed by atoms with Gasteiger partial charge >= 0.3 is 0 Å². The topological polar surface area (TPSA) is 41.5 Å². The summed E-state index contributed by atoms with van der Waals surface area (Å²) < 4.78 is 4.95. The lowest BCUT2D eigenvalue weighted by atomic mass is 9.91. The van der Waals surface area contributed by atoms with Gasteiger partial charge in [0, 0.05) is 25.2 Å². The standard InChI is InChI=1S/C13H20ClNO2/c1-3-13(16,10-15-7-8-17-2)11-5-4-6-12(14)9-11/h4-6,9,15-16H,3,7-8,10H2,1-2H3. The summed E-state index contributed by atoms with van der Waals surface area (Å²) in [4.78, 5) is 0. The lowest BCUT2D eigenvalue weighted by Crippen LogP contribution is -2.38. The number of ether oxygens (including phenoxy) is 1. The molecule has 0 aliphatic heterocycles. The number of hydrogen-bond donors (Lipinski definition) is 2. The van der Waals surface area contributed by atoms with E-state index in [9.17, 15) is 5.11 Å². The third-order valence-electron chi connectivity index (χ3n) is 2.85. The summed E-state index contributed by atoms with van der Waals surface area (Å²) in [5.41, 5.74) is -0.0315. The van der Waals surface area contributed by atoms with E-state index >= 15 is 0 Å². The van der Waals surface area contributed by atoms with E-state index in [-0.39, 0.29) is 0 Å². The normalized spacial score (nSPS) is 14.6. The molecular formula is C13H20ClNO2. The minimum absolute atomic E-state index is 0.493. The summed E-state index contributed by atoms with van der Waals surface area (Å²) in [6.07, 6.45) is 0.632. The Morgan fingerprint density at radius 3 is 2.82 bits per heavy atom. The van der Waals surface area contributed by atoms with Gasteiger partial charge in [-0.25, -0.2) is 0 Å². The van der Waals surface area contributed by atoms with Crippen LogP contribution in [0.4, 0.5) is 0 Å². The molecule has 0 spiro atoms. The molecule has 17 heavy (non-hydrogen) atoms. The van der Waals surface area contributed by atoms with Crippen molar-refractivity contribution in [3.8, 4) is 0 Å². The highest BCUT2D eigenvalue weighted by Crippen LogP contribution is 2.26. The van der Waals surface area contributed by atoms with Gasteiger partial charge in [-0.05, 0) is 24.1 Å². The molecule has 3 nitrogen and oxygen atoms in total. The van der Waals surface area contributed by atoms with Crippen molar-refractivity contribution >= 4 is 11.6 Å². The molecule has 0 saturated carbocycles. The van der Waals surface area contributed by atoms with Crippen molar-refractivity contribution in [3.05, 3.63) is 34.9 Å². The SMILES string of the molecule is CCC(O)(CNCCOC)c1cccc(Cl)c1. The second kappa shape index (κ2) is 6.97. The molecule has 0 radical (unpaired) electrons. The lowest BCUT2D eigenvalue weighted by Gasteiger charge is -2.28. The minimum Gasteiger partial charge on any atom is -0.384 e. The molecule has 1 aromatic rings. The molecule has 1 atom stereocenters. The first-order valence-electron chi connectivity index (χ1n) is 5.80. The Labute approximate surface area is 108 Å². The Kier molecular flexibility index (Phi) is 5.92. The number of methoxy groups -OCH3 is 1. The molecule has 0 heterocycles. The van der Waals surface area contributed by atoms with Crippen LogP contribution >= 0.6 is 11.6 Å². The summed E-state index contributed by atoms with van der Waals surface area (Å²) in [7, 11) is 1.66. The maximum Gasteiger partial charge on any atom is 0.102 e. The van der Waals surface area contributed by atoms with E-state index in [1.807, 2.05) is 25.1 Å². The molecule has 0 aliphatic carbocycles. The van der Waals surface area contributed by atoms with Crippen LogP contribution in [0, 0.1) is 0 Å². The van der Waals surface area contributed by atoms with Crippen LogP contribution in [0.5, 0.6) is 0 Å². The summed E-state index contributed by atoms with van der Waals surface area (Å²) in [6, 6.07) is 7.36. The van der Waals surface area contributed by atoms with Crippen molar-refractivity contribution in [2.75, 3.05) is 26.8 Å². The molecule has 1 rings (SSSR count). The quantitative estimate of drug-likeness (QED) is 0.736. The monoisotopic (exact) mass is 257 g/mol. The van der Waals surface area contributed by atoms with E-state index in [2.05, 4.69) is 5.32 Å². The van der Waals surface area contributed by atoms with Crippen molar-refractivity contribution < 1.29 is 9.84 Å². The second-order valence-corrected chi connectivity index (χ2v) is 4.50. The van der Waals surface area contributed by atoms with Gasteiger partial charge in [0.2, 0.25) is 0 Å². The molecule has 2 N–H and O–H groups in total. The highest BCUT2D eigenvalue weighted by molar-refractivity contribution is 6.30. The minimum atomic E-state index is -0.876. The third-order valence-corrected chi connectivity index (χ3v) is 3.08. The molecule has 0 bridgehead atoms. The van der Waals surface area contributed by atoms with Crippen molar-refractivity contribution in [1.82, 2.24) is 5.32 Å². The maximum absolute atomic E-state index is 10.6. The van der Waals surface area contributed by atoms with E-state index in [1.165, 1.54) is 0 Å². The summed E-state index contributed by atoms with van der Waals surface area (Å²) in [5, 5.41) is 14.4. The van der Waals surface area contributed by atoms with Gasteiger partial charge in [-0.2, -0.15) is 0 Å². The van der Waals surface area contributed by atoms with Crippen LogP contribution in [0.15, 0.2) is 24.3 Å².